The molecule has 3 rings (SSSR count). The van der Waals surface area contributed by atoms with Gasteiger partial charge >= 0.3 is 5.97 Å². The molecule has 0 atom stereocenters. The molecule has 0 radical (unpaired) electrons. The number of nitrogens with one attached hydrogen (secondary N) is 1. The van der Waals surface area contributed by atoms with Gasteiger partial charge in [-0.25, -0.2) is 4.79 Å². The fourth-order valence-corrected chi connectivity index (χ4v) is 4.91. The highest BCUT2D eigenvalue weighted by Crippen LogP contribution is 2.38. The van der Waals surface area contributed by atoms with Gasteiger partial charge < -0.3 is 15.0 Å². The van der Waals surface area contributed by atoms with Crippen molar-refractivity contribution in [2.24, 2.45) is 0 Å². The summed E-state index contributed by atoms with van der Waals surface area (Å²) in [6, 6.07) is 8.12. The van der Waals surface area contributed by atoms with E-state index in [-0.39, 0.29) is 18.4 Å². The molecule has 1 N–H and O–H groups in total. The molecular weight excluding hydrogens is 400 g/mol. The highest BCUT2D eigenvalue weighted by atomic mass is 32.1. The topological polar surface area (TPSA) is 75.7 Å². The summed E-state index contributed by atoms with van der Waals surface area (Å²) >= 11 is 1.44. The van der Waals surface area contributed by atoms with Gasteiger partial charge in [0.15, 0.2) is 6.61 Å². The lowest BCUT2D eigenvalue weighted by molar-refractivity contribution is -0.133. The van der Waals surface area contributed by atoms with E-state index in [0.29, 0.717) is 17.1 Å². The zero-order valence-corrected chi connectivity index (χ0v) is 18.6. The number of thiophene rings is 1. The molecule has 2 amide bonds. The molecule has 1 aliphatic carbocycles. The van der Waals surface area contributed by atoms with Crippen molar-refractivity contribution in [3.63, 3.8) is 0 Å². The average molecular weight is 429 g/mol. The summed E-state index contributed by atoms with van der Waals surface area (Å²) < 4.78 is 5.36. The van der Waals surface area contributed by atoms with Crippen LogP contribution in [-0.4, -0.2) is 36.3 Å². The summed E-state index contributed by atoms with van der Waals surface area (Å²) in [6.45, 7) is 3.64. The molecule has 0 fully saturated rings. The summed E-state index contributed by atoms with van der Waals surface area (Å²) in [6.07, 6.45) is 4.74. The number of hydrogen-bond donors (Lipinski definition) is 1. The number of likely N-dealkylation sites (N-methyl/N-ethyl adjacent to an activating group) is 1. The van der Waals surface area contributed by atoms with Crippen LogP contribution in [0.3, 0.4) is 0 Å². The van der Waals surface area contributed by atoms with Gasteiger partial charge in [-0.3, -0.25) is 9.59 Å². The lowest BCUT2D eigenvalue weighted by atomic mass is 9.95. The summed E-state index contributed by atoms with van der Waals surface area (Å²) in [5.41, 5.74) is 3.64. The molecular formula is C23H28N2O4S. The number of rotatable bonds is 7. The predicted molar refractivity (Wildman–Crippen MR) is 118 cm³/mol. The number of ether oxygens (including phenoxy) is 1. The van der Waals surface area contributed by atoms with Gasteiger partial charge in [0.05, 0.1) is 5.56 Å². The fourth-order valence-electron chi connectivity index (χ4n) is 3.58. The number of aryl methyl sites for hydroxylation is 2. The minimum Gasteiger partial charge on any atom is -0.452 e. The minimum absolute atomic E-state index is 0.229. The largest absolute Gasteiger partial charge is 0.452 e. The lowest BCUT2D eigenvalue weighted by Gasteiger charge is -2.18. The van der Waals surface area contributed by atoms with Crippen molar-refractivity contribution in [1.29, 1.82) is 0 Å². The van der Waals surface area contributed by atoms with Crippen LogP contribution < -0.4 is 5.32 Å². The Bertz CT molecular complexity index is 933. The van der Waals surface area contributed by atoms with Gasteiger partial charge in [-0.15, -0.1) is 11.3 Å². The molecule has 0 aliphatic heterocycles. The van der Waals surface area contributed by atoms with Crippen LogP contribution in [0.2, 0.25) is 0 Å². The third kappa shape index (κ3) is 5.27. The normalized spacial score (nSPS) is 12.8. The van der Waals surface area contributed by atoms with E-state index < -0.39 is 5.97 Å². The summed E-state index contributed by atoms with van der Waals surface area (Å²) in [5, 5.41) is 3.27. The first-order chi connectivity index (χ1) is 14.4. The van der Waals surface area contributed by atoms with E-state index in [9.17, 15) is 14.4 Å². The number of fused-ring (bicyclic) bond motifs is 1. The molecule has 1 aromatic carbocycles. The van der Waals surface area contributed by atoms with E-state index in [4.69, 9.17) is 4.74 Å². The predicted octanol–water partition coefficient (Wildman–Crippen LogP) is 3.96. The van der Waals surface area contributed by atoms with Crippen LogP contribution >= 0.6 is 11.3 Å². The van der Waals surface area contributed by atoms with Crippen molar-refractivity contribution in [2.45, 2.75) is 52.5 Å². The number of anilines is 1. The number of carbonyl (C=O) groups is 3. The Kier molecular flexibility index (Phi) is 7.26. The molecule has 1 aliphatic rings. The minimum atomic E-state index is -0.549. The molecule has 1 heterocycles. The second-order valence-corrected chi connectivity index (χ2v) is 8.70. The molecule has 6 nitrogen and oxygen atoms in total. The third-order valence-electron chi connectivity index (χ3n) is 5.27. The third-order valence-corrected chi connectivity index (χ3v) is 6.48. The van der Waals surface area contributed by atoms with E-state index in [2.05, 4.69) is 24.4 Å². The van der Waals surface area contributed by atoms with E-state index in [1.807, 2.05) is 12.1 Å². The SMILES string of the molecule is CCc1ccc(CN(C)C(=O)COC(=O)c2c(NC(C)=O)sc3c2CCCC3)cc1. The first kappa shape index (κ1) is 22.0. The zero-order chi connectivity index (χ0) is 21.7. The summed E-state index contributed by atoms with van der Waals surface area (Å²) in [5.74, 6) is -1.05. The van der Waals surface area contributed by atoms with Crippen molar-refractivity contribution in [2.75, 3.05) is 19.0 Å². The standard InChI is InChI=1S/C23H28N2O4S/c1-4-16-9-11-17(12-10-16)13-25(3)20(27)14-29-23(28)21-18-7-5-6-8-19(18)30-22(21)24-15(2)26/h9-12H,4-8,13-14H2,1-3H3,(H,24,26). The first-order valence-electron chi connectivity index (χ1n) is 10.3. The Labute approximate surface area is 181 Å². The van der Waals surface area contributed by atoms with Crippen LogP contribution in [-0.2, 0) is 40.1 Å². The maximum absolute atomic E-state index is 12.8. The number of hydrogen-bond acceptors (Lipinski definition) is 5. The smallest absolute Gasteiger partial charge is 0.341 e. The van der Waals surface area contributed by atoms with Crippen molar-refractivity contribution >= 4 is 34.1 Å². The Morgan fingerprint density at radius 2 is 1.77 bits per heavy atom. The molecule has 0 spiro atoms. The van der Waals surface area contributed by atoms with Gasteiger partial charge in [0.2, 0.25) is 5.91 Å². The number of carbonyl (C=O) groups excluding carboxylic acids is 3. The van der Waals surface area contributed by atoms with Gasteiger partial charge in [-0.05, 0) is 48.8 Å². The zero-order valence-electron chi connectivity index (χ0n) is 17.7. The monoisotopic (exact) mass is 428 g/mol. The number of benzene rings is 1. The fraction of sp³-hybridized carbons (Fsp3) is 0.435. The number of amides is 2. The second kappa shape index (κ2) is 9.89. The maximum atomic E-state index is 12.8. The first-order valence-corrected chi connectivity index (χ1v) is 11.1. The van der Waals surface area contributed by atoms with Crippen LogP contribution in [0.5, 0.6) is 0 Å². The number of esters is 1. The quantitative estimate of drug-likeness (QED) is 0.677. The average Bonchev–Trinajstić information content (AvgIpc) is 3.09. The second-order valence-electron chi connectivity index (χ2n) is 7.59. The Hall–Kier alpha value is -2.67. The van der Waals surface area contributed by atoms with Gasteiger partial charge in [-0.1, -0.05) is 31.2 Å². The molecule has 0 saturated carbocycles. The highest BCUT2D eigenvalue weighted by molar-refractivity contribution is 7.17. The molecule has 30 heavy (non-hydrogen) atoms. The van der Waals surface area contributed by atoms with Crippen molar-refractivity contribution in [3.8, 4) is 0 Å². The van der Waals surface area contributed by atoms with E-state index in [0.717, 1.165) is 48.1 Å². The van der Waals surface area contributed by atoms with Gasteiger partial charge in [0.25, 0.3) is 5.91 Å². The van der Waals surface area contributed by atoms with Gasteiger partial charge in [-0.2, -0.15) is 0 Å². The van der Waals surface area contributed by atoms with Crippen LogP contribution in [0.15, 0.2) is 24.3 Å². The molecule has 0 unspecified atom stereocenters. The molecule has 2 aromatic rings. The molecule has 0 bridgehead atoms. The number of nitrogens with zero attached hydrogens (tertiary/aromatic N) is 1. The molecule has 1 aromatic heterocycles. The van der Waals surface area contributed by atoms with Crippen molar-refractivity contribution < 1.29 is 19.1 Å². The maximum Gasteiger partial charge on any atom is 0.341 e. The van der Waals surface area contributed by atoms with Gasteiger partial charge in [0, 0.05) is 25.4 Å². The van der Waals surface area contributed by atoms with Crippen LogP contribution in [0.25, 0.3) is 0 Å². The molecule has 160 valence electrons. The summed E-state index contributed by atoms with van der Waals surface area (Å²) in [4.78, 5) is 39.5. The van der Waals surface area contributed by atoms with Crippen LogP contribution in [0.4, 0.5) is 5.00 Å². The van der Waals surface area contributed by atoms with E-state index in [1.165, 1.54) is 23.8 Å². The highest BCUT2D eigenvalue weighted by Gasteiger charge is 2.27. The Morgan fingerprint density at radius 1 is 1.10 bits per heavy atom. The van der Waals surface area contributed by atoms with Crippen molar-refractivity contribution in [1.82, 2.24) is 4.90 Å². The molecule has 7 heteroatoms. The lowest BCUT2D eigenvalue weighted by Crippen LogP contribution is -2.31. The van der Waals surface area contributed by atoms with Crippen LogP contribution in [0, 0.1) is 0 Å². The van der Waals surface area contributed by atoms with E-state index in [1.54, 1.807) is 11.9 Å². The Morgan fingerprint density at radius 3 is 2.43 bits per heavy atom. The van der Waals surface area contributed by atoms with Crippen LogP contribution in [0.1, 0.15) is 58.6 Å². The van der Waals surface area contributed by atoms with Crippen molar-refractivity contribution in [3.05, 3.63) is 51.4 Å². The van der Waals surface area contributed by atoms with Gasteiger partial charge in [0.1, 0.15) is 5.00 Å². The Balaban J connectivity index is 1.63. The molecule has 0 saturated heterocycles. The van der Waals surface area contributed by atoms with E-state index >= 15 is 0 Å². The summed E-state index contributed by atoms with van der Waals surface area (Å²) in [7, 11) is 1.69.